The normalized spacial score (nSPS) is 22.5. The molecule has 1 aliphatic heterocycles. The second-order valence-electron chi connectivity index (χ2n) is 8.53. The maximum Gasteiger partial charge on any atom is 0.243 e. The summed E-state index contributed by atoms with van der Waals surface area (Å²) in [5.74, 6) is 0.916. The fourth-order valence-electron chi connectivity index (χ4n) is 4.82. The first-order chi connectivity index (χ1) is 14.6. The molecule has 3 nitrogen and oxygen atoms in total. The molecule has 0 bridgehead atoms. The predicted molar refractivity (Wildman–Crippen MR) is 128 cm³/mol. The number of unbranched alkanes of at least 4 members (excludes halogenated alkanes) is 2. The standard InChI is InChI=1S/C25H34Cl2N2O/c26-22-15-14-20(19-23(22)27)9-2-5-13-25(30)28-16-6-1-7-17-29-18-8-11-21-10-3-4-12-24(21)29/h2,5,9,13-15,19,21,24H,1,3-4,6-8,10-12,16-18H2,(H,28,30)/b9-2+,13-5+. The van der Waals surface area contributed by atoms with Crippen molar-refractivity contribution in [2.75, 3.05) is 19.6 Å². The number of hydrogen-bond donors (Lipinski definition) is 1. The fourth-order valence-corrected chi connectivity index (χ4v) is 5.12. The van der Waals surface area contributed by atoms with Crippen LogP contribution in [0.2, 0.25) is 10.0 Å². The molecule has 1 N–H and O–H groups in total. The van der Waals surface area contributed by atoms with Crippen LogP contribution in [-0.4, -0.2) is 36.5 Å². The van der Waals surface area contributed by atoms with Crippen LogP contribution in [-0.2, 0) is 4.79 Å². The lowest BCUT2D eigenvalue weighted by Crippen LogP contribution is -2.47. The maximum absolute atomic E-state index is 11.9. The summed E-state index contributed by atoms with van der Waals surface area (Å²) in [4.78, 5) is 14.7. The van der Waals surface area contributed by atoms with Gasteiger partial charge in [-0.2, -0.15) is 0 Å². The Hall–Kier alpha value is -1.29. The van der Waals surface area contributed by atoms with Crippen molar-refractivity contribution in [1.82, 2.24) is 10.2 Å². The second-order valence-corrected chi connectivity index (χ2v) is 9.35. The van der Waals surface area contributed by atoms with Crippen molar-refractivity contribution >= 4 is 35.2 Å². The summed E-state index contributed by atoms with van der Waals surface area (Å²) in [6.45, 7) is 3.26. The van der Waals surface area contributed by atoms with Crippen LogP contribution in [0.3, 0.4) is 0 Å². The monoisotopic (exact) mass is 448 g/mol. The zero-order valence-electron chi connectivity index (χ0n) is 17.8. The van der Waals surface area contributed by atoms with E-state index in [1.165, 1.54) is 64.5 Å². The van der Waals surface area contributed by atoms with E-state index in [0.717, 1.165) is 30.5 Å². The number of piperidine rings is 1. The third-order valence-corrected chi connectivity index (χ3v) is 7.11. The Kier molecular flexibility index (Phi) is 9.77. The molecule has 1 aromatic rings. The number of allylic oxidation sites excluding steroid dienone is 2. The summed E-state index contributed by atoms with van der Waals surface area (Å²) in [6.07, 6.45) is 19.0. The zero-order valence-corrected chi connectivity index (χ0v) is 19.3. The van der Waals surface area contributed by atoms with Crippen molar-refractivity contribution in [3.8, 4) is 0 Å². The van der Waals surface area contributed by atoms with Gasteiger partial charge >= 0.3 is 0 Å². The molecule has 1 saturated heterocycles. The summed E-state index contributed by atoms with van der Waals surface area (Å²) >= 11 is 11.9. The predicted octanol–water partition coefficient (Wildman–Crippen LogP) is 6.50. The highest BCUT2D eigenvalue weighted by Crippen LogP contribution is 2.35. The number of fused-ring (bicyclic) bond motifs is 1. The molecule has 0 radical (unpaired) electrons. The first kappa shape index (κ1) is 23.4. The Morgan fingerprint density at radius 2 is 1.87 bits per heavy atom. The van der Waals surface area contributed by atoms with E-state index in [0.29, 0.717) is 10.0 Å². The number of carbonyl (C=O) groups excluding carboxylic acids is 1. The molecular formula is C25H34Cl2N2O. The highest BCUT2D eigenvalue weighted by molar-refractivity contribution is 6.42. The van der Waals surface area contributed by atoms with Crippen LogP contribution >= 0.6 is 23.2 Å². The Bertz CT molecular complexity index is 745. The van der Waals surface area contributed by atoms with E-state index in [4.69, 9.17) is 23.2 Å². The van der Waals surface area contributed by atoms with Gasteiger partial charge in [-0.1, -0.05) is 66.8 Å². The van der Waals surface area contributed by atoms with E-state index in [2.05, 4.69) is 10.2 Å². The lowest BCUT2D eigenvalue weighted by molar-refractivity contribution is -0.116. The van der Waals surface area contributed by atoms with E-state index in [9.17, 15) is 4.79 Å². The van der Waals surface area contributed by atoms with Crippen LogP contribution in [0.15, 0.2) is 36.4 Å². The topological polar surface area (TPSA) is 32.3 Å². The third kappa shape index (κ3) is 7.44. The Morgan fingerprint density at radius 1 is 1.03 bits per heavy atom. The average Bonchev–Trinajstić information content (AvgIpc) is 2.76. The molecule has 1 aliphatic carbocycles. The quantitative estimate of drug-likeness (QED) is 0.265. The summed E-state index contributed by atoms with van der Waals surface area (Å²) in [5, 5.41) is 4.04. The SMILES string of the molecule is O=C(/C=C/C=C/c1ccc(Cl)c(Cl)c1)NCCCCCN1CCCC2CCCCC21. The highest BCUT2D eigenvalue weighted by Gasteiger charge is 2.32. The van der Waals surface area contributed by atoms with Gasteiger partial charge in [0.2, 0.25) is 5.91 Å². The number of likely N-dealkylation sites (tertiary alicyclic amines) is 1. The Labute approximate surface area is 191 Å². The van der Waals surface area contributed by atoms with Crippen molar-refractivity contribution in [3.05, 3.63) is 52.0 Å². The molecule has 1 heterocycles. The lowest BCUT2D eigenvalue weighted by atomic mass is 9.78. The van der Waals surface area contributed by atoms with Crippen LogP contribution in [0.4, 0.5) is 0 Å². The van der Waals surface area contributed by atoms with Crippen molar-refractivity contribution in [1.29, 1.82) is 0 Å². The molecule has 0 aromatic heterocycles. The summed E-state index contributed by atoms with van der Waals surface area (Å²) in [6, 6.07) is 6.30. The molecule has 2 aliphatic rings. The molecule has 30 heavy (non-hydrogen) atoms. The molecule has 5 heteroatoms. The van der Waals surface area contributed by atoms with Gasteiger partial charge in [-0.05, 0) is 75.2 Å². The second kappa shape index (κ2) is 12.5. The molecule has 2 unspecified atom stereocenters. The molecule has 2 atom stereocenters. The fraction of sp³-hybridized carbons (Fsp3) is 0.560. The summed E-state index contributed by atoms with van der Waals surface area (Å²) in [7, 11) is 0. The molecule has 0 spiro atoms. The third-order valence-electron chi connectivity index (χ3n) is 6.37. The van der Waals surface area contributed by atoms with Crippen LogP contribution in [0, 0.1) is 5.92 Å². The van der Waals surface area contributed by atoms with E-state index in [1.807, 2.05) is 18.2 Å². The van der Waals surface area contributed by atoms with Gasteiger partial charge in [0, 0.05) is 18.7 Å². The van der Waals surface area contributed by atoms with Gasteiger partial charge in [-0.15, -0.1) is 0 Å². The molecule has 1 amide bonds. The number of amides is 1. The van der Waals surface area contributed by atoms with Gasteiger partial charge in [0.25, 0.3) is 0 Å². The molecular weight excluding hydrogens is 415 g/mol. The lowest BCUT2D eigenvalue weighted by Gasteiger charge is -2.44. The van der Waals surface area contributed by atoms with Crippen molar-refractivity contribution in [2.45, 2.75) is 63.8 Å². The summed E-state index contributed by atoms with van der Waals surface area (Å²) in [5.41, 5.74) is 0.947. The number of nitrogens with zero attached hydrogens (tertiary/aromatic N) is 1. The van der Waals surface area contributed by atoms with Gasteiger partial charge in [0.15, 0.2) is 0 Å². The van der Waals surface area contributed by atoms with Gasteiger partial charge in [-0.3, -0.25) is 4.79 Å². The van der Waals surface area contributed by atoms with Crippen molar-refractivity contribution in [2.24, 2.45) is 5.92 Å². The van der Waals surface area contributed by atoms with E-state index >= 15 is 0 Å². The number of nitrogens with one attached hydrogen (secondary N) is 1. The van der Waals surface area contributed by atoms with Gasteiger partial charge < -0.3 is 10.2 Å². The van der Waals surface area contributed by atoms with Crippen LogP contribution in [0.1, 0.15) is 63.4 Å². The minimum atomic E-state index is -0.0464. The van der Waals surface area contributed by atoms with E-state index < -0.39 is 0 Å². The van der Waals surface area contributed by atoms with Gasteiger partial charge in [0.05, 0.1) is 10.0 Å². The van der Waals surface area contributed by atoms with Gasteiger partial charge in [-0.25, -0.2) is 0 Å². The highest BCUT2D eigenvalue weighted by atomic mass is 35.5. The van der Waals surface area contributed by atoms with E-state index in [-0.39, 0.29) is 5.91 Å². The van der Waals surface area contributed by atoms with Crippen LogP contribution < -0.4 is 5.32 Å². The number of rotatable bonds is 9. The van der Waals surface area contributed by atoms with Crippen LogP contribution in [0.25, 0.3) is 6.08 Å². The minimum absolute atomic E-state index is 0.0464. The maximum atomic E-state index is 11.9. The number of benzene rings is 1. The molecule has 164 valence electrons. The number of halogens is 2. The zero-order chi connectivity index (χ0) is 21.2. The molecule has 1 saturated carbocycles. The van der Waals surface area contributed by atoms with Crippen LogP contribution in [0.5, 0.6) is 0 Å². The van der Waals surface area contributed by atoms with Gasteiger partial charge in [0.1, 0.15) is 0 Å². The summed E-state index contributed by atoms with van der Waals surface area (Å²) < 4.78 is 0. The Morgan fingerprint density at radius 3 is 2.73 bits per heavy atom. The van der Waals surface area contributed by atoms with Crippen molar-refractivity contribution in [3.63, 3.8) is 0 Å². The molecule has 2 fully saturated rings. The number of hydrogen-bond acceptors (Lipinski definition) is 2. The number of carbonyl (C=O) groups is 1. The molecule has 3 rings (SSSR count). The smallest absolute Gasteiger partial charge is 0.243 e. The molecule has 1 aromatic carbocycles. The first-order valence-corrected chi connectivity index (χ1v) is 12.2. The Balaban J connectivity index is 1.26. The minimum Gasteiger partial charge on any atom is -0.353 e. The van der Waals surface area contributed by atoms with Crippen molar-refractivity contribution < 1.29 is 4.79 Å². The first-order valence-electron chi connectivity index (χ1n) is 11.4. The largest absolute Gasteiger partial charge is 0.353 e. The van der Waals surface area contributed by atoms with E-state index in [1.54, 1.807) is 24.3 Å². The average molecular weight is 449 g/mol.